The number of rotatable bonds is 9. The summed E-state index contributed by atoms with van der Waals surface area (Å²) in [6.07, 6.45) is 0.426. The SMILES string of the molecule is CCN(C(C)CN(C)C)S(=O)(=O)CCCC(=O)OC. The Bertz CT molecular complexity index is 368. The molecule has 7 heteroatoms. The lowest BCUT2D eigenvalue weighted by Crippen LogP contribution is -2.44. The Kier molecular flexibility index (Phi) is 8.20. The van der Waals surface area contributed by atoms with Gasteiger partial charge in [0.15, 0.2) is 0 Å². The van der Waals surface area contributed by atoms with Gasteiger partial charge in [-0.25, -0.2) is 8.42 Å². The zero-order valence-electron chi connectivity index (χ0n) is 12.5. The van der Waals surface area contributed by atoms with Gasteiger partial charge in [-0.3, -0.25) is 4.79 Å². The summed E-state index contributed by atoms with van der Waals surface area (Å²) in [5.74, 6) is -0.396. The molecule has 0 heterocycles. The highest BCUT2D eigenvalue weighted by molar-refractivity contribution is 7.89. The first-order chi connectivity index (χ1) is 8.74. The summed E-state index contributed by atoms with van der Waals surface area (Å²) in [5.41, 5.74) is 0. The van der Waals surface area contributed by atoms with Crippen LogP contribution in [0.15, 0.2) is 0 Å². The van der Waals surface area contributed by atoms with Gasteiger partial charge < -0.3 is 9.64 Å². The van der Waals surface area contributed by atoms with Crippen LogP contribution in [0, 0.1) is 0 Å². The summed E-state index contributed by atoms with van der Waals surface area (Å²) in [6.45, 7) is 4.82. The molecule has 0 saturated carbocycles. The Hall–Kier alpha value is -0.660. The van der Waals surface area contributed by atoms with E-state index in [4.69, 9.17) is 0 Å². The zero-order chi connectivity index (χ0) is 15.1. The maximum absolute atomic E-state index is 12.2. The Morgan fingerprint density at radius 1 is 1.32 bits per heavy atom. The number of ether oxygens (including phenoxy) is 1. The molecule has 0 rings (SSSR count). The first kappa shape index (κ1) is 18.3. The van der Waals surface area contributed by atoms with Crippen LogP contribution in [0.25, 0.3) is 0 Å². The van der Waals surface area contributed by atoms with Gasteiger partial charge in [0.2, 0.25) is 10.0 Å². The minimum Gasteiger partial charge on any atom is -0.469 e. The summed E-state index contributed by atoms with van der Waals surface area (Å²) < 4.78 is 30.4. The quantitative estimate of drug-likeness (QED) is 0.581. The number of nitrogens with zero attached hydrogens (tertiary/aromatic N) is 2. The molecule has 114 valence electrons. The molecule has 0 fully saturated rings. The van der Waals surface area contributed by atoms with E-state index in [0.717, 1.165) is 0 Å². The Balaban J connectivity index is 4.53. The lowest BCUT2D eigenvalue weighted by molar-refractivity contribution is -0.140. The monoisotopic (exact) mass is 294 g/mol. The first-order valence-electron chi connectivity index (χ1n) is 6.45. The van der Waals surface area contributed by atoms with Crippen molar-refractivity contribution in [2.45, 2.75) is 32.7 Å². The number of hydrogen-bond donors (Lipinski definition) is 0. The fraction of sp³-hybridized carbons (Fsp3) is 0.917. The van der Waals surface area contributed by atoms with Crippen LogP contribution in [0.4, 0.5) is 0 Å². The van der Waals surface area contributed by atoms with Crippen LogP contribution in [0.2, 0.25) is 0 Å². The van der Waals surface area contributed by atoms with Gasteiger partial charge in [0, 0.05) is 25.6 Å². The van der Waals surface area contributed by atoms with Crippen molar-refractivity contribution in [3.05, 3.63) is 0 Å². The lowest BCUT2D eigenvalue weighted by Gasteiger charge is -2.29. The van der Waals surface area contributed by atoms with E-state index in [1.165, 1.54) is 11.4 Å². The predicted molar refractivity (Wildman–Crippen MR) is 75.4 cm³/mol. The van der Waals surface area contributed by atoms with Gasteiger partial charge in [-0.05, 0) is 27.4 Å². The van der Waals surface area contributed by atoms with E-state index in [2.05, 4.69) is 4.74 Å². The molecule has 0 aromatic heterocycles. The molecule has 0 radical (unpaired) electrons. The van der Waals surface area contributed by atoms with Crippen LogP contribution in [0.3, 0.4) is 0 Å². The lowest BCUT2D eigenvalue weighted by atomic mass is 10.3. The maximum Gasteiger partial charge on any atom is 0.305 e. The van der Waals surface area contributed by atoms with Crippen molar-refractivity contribution in [2.24, 2.45) is 0 Å². The average molecular weight is 294 g/mol. The molecule has 0 saturated heterocycles. The van der Waals surface area contributed by atoms with Gasteiger partial charge in [0.25, 0.3) is 0 Å². The Labute approximate surface area is 116 Å². The highest BCUT2D eigenvalue weighted by Gasteiger charge is 2.25. The smallest absolute Gasteiger partial charge is 0.305 e. The highest BCUT2D eigenvalue weighted by atomic mass is 32.2. The molecular formula is C12H26N2O4S. The van der Waals surface area contributed by atoms with Crippen LogP contribution in [-0.4, -0.2) is 69.7 Å². The number of sulfonamides is 1. The van der Waals surface area contributed by atoms with E-state index in [9.17, 15) is 13.2 Å². The van der Waals surface area contributed by atoms with E-state index >= 15 is 0 Å². The van der Waals surface area contributed by atoms with Crippen molar-refractivity contribution in [3.8, 4) is 0 Å². The van der Waals surface area contributed by atoms with Gasteiger partial charge in [-0.1, -0.05) is 6.92 Å². The number of carbonyl (C=O) groups is 1. The third-order valence-corrected chi connectivity index (χ3v) is 4.94. The maximum atomic E-state index is 12.2. The number of hydrogen-bond acceptors (Lipinski definition) is 5. The second kappa shape index (κ2) is 8.50. The van der Waals surface area contributed by atoms with Crippen LogP contribution < -0.4 is 0 Å². The van der Waals surface area contributed by atoms with Gasteiger partial charge >= 0.3 is 5.97 Å². The molecule has 0 aromatic rings. The van der Waals surface area contributed by atoms with Crippen molar-refractivity contribution in [1.29, 1.82) is 0 Å². The minimum atomic E-state index is -3.32. The molecule has 0 N–H and O–H groups in total. The summed E-state index contributed by atoms with van der Waals surface area (Å²) in [5, 5.41) is 0. The van der Waals surface area contributed by atoms with Crippen LogP contribution in [0.5, 0.6) is 0 Å². The zero-order valence-corrected chi connectivity index (χ0v) is 13.4. The van der Waals surface area contributed by atoms with E-state index in [0.29, 0.717) is 19.5 Å². The number of carbonyl (C=O) groups excluding carboxylic acids is 1. The van der Waals surface area contributed by atoms with Crippen LogP contribution >= 0.6 is 0 Å². The molecular weight excluding hydrogens is 268 g/mol. The Morgan fingerprint density at radius 3 is 2.32 bits per heavy atom. The normalized spacial score (nSPS) is 13.8. The average Bonchev–Trinajstić information content (AvgIpc) is 2.27. The Morgan fingerprint density at radius 2 is 1.89 bits per heavy atom. The highest BCUT2D eigenvalue weighted by Crippen LogP contribution is 2.10. The van der Waals surface area contributed by atoms with Crippen molar-refractivity contribution in [1.82, 2.24) is 9.21 Å². The second-order valence-electron chi connectivity index (χ2n) is 4.81. The molecule has 1 unspecified atom stereocenters. The molecule has 19 heavy (non-hydrogen) atoms. The summed E-state index contributed by atoms with van der Waals surface area (Å²) in [4.78, 5) is 12.9. The third-order valence-electron chi connectivity index (χ3n) is 2.80. The molecule has 0 amide bonds. The van der Waals surface area contributed by atoms with E-state index < -0.39 is 10.0 Å². The van der Waals surface area contributed by atoms with E-state index in [-0.39, 0.29) is 24.2 Å². The molecule has 0 spiro atoms. The van der Waals surface area contributed by atoms with Crippen molar-refractivity contribution in [3.63, 3.8) is 0 Å². The van der Waals surface area contributed by atoms with E-state index in [1.54, 1.807) is 0 Å². The third kappa shape index (κ3) is 6.89. The summed E-state index contributed by atoms with van der Waals surface area (Å²) in [7, 11) is 1.80. The largest absolute Gasteiger partial charge is 0.469 e. The van der Waals surface area contributed by atoms with E-state index in [1.807, 2.05) is 32.8 Å². The topological polar surface area (TPSA) is 66.9 Å². The predicted octanol–water partition coefficient (Wildman–Crippen LogP) is 0.541. The standard InChI is InChI=1S/C12H26N2O4S/c1-6-14(11(2)10-13(3)4)19(16,17)9-7-8-12(15)18-5/h11H,6-10H2,1-5H3. The minimum absolute atomic E-state index is 0.0201. The van der Waals surface area contributed by atoms with Crippen molar-refractivity contribution >= 4 is 16.0 Å². The van der Waals surface area contributed by atoms with Gasteiger partial charge in [-0.15, -0.1) is 0 Å². The van der Waals surface area contributed by atoms with Crippen LogP contribution in [-0.2, 0) is 19.6 Å². The van der Waals surface area contributed by atoms with Crippen molar-refractivity contribution in [2.75, 3.05) is 40.0 Å². The molecule has 0 bridgehead atoms. The van der Waals surface area contributed by atoms with Gasteiger partial charge in [0.1, 0.15) is 0 Å². The number of likely N-dealkylation sites (N-methyl/N-ethyl adjacent to an activating group) is 2. The number of methoxy groups -OCH3 is 1. The summed E-state index contributed by atoms with van der Waals surface area (Å²) >= 11 is 0. The fourth-order valence-corrected chi connectivity index (χ4v) is 3.77. The molecule has 0 aliphatic rings. The molecule has 0 aliphatic carbocycles. The second-order valence-corrected chi connectivity index (χ2v) is 6.85. The molecule has 0 aromatic carbocycles. The first-order valence-corrected chi connectivity index (χ1v) is 8.06. The van der Waals surface area contributed by atoms with Crippen molar-refractivity contribution < 1.29 is 17.9 Å². The van der Waals surface area contributed by atoms with Gasteiger partial charge in [-0.2, -0.15) is 4.31 Å². The van der Waals surface area contributed by atoms with Crippen LogP contribution in [0.1, 0.15) is 26.7 Å². The van der Waals surface area contributed by atoms with Gasteiger partial charge in [0.05, 0.1) is 12.9 Å². The molecule has 1 atom stereocenters. The number of esters is 1. The molecule has 6 nitrogen and oxygen atoms in total. The summed E-state index contributed by atoms with van der Waals surface area (Å²) in [6, 6.07) is -0.0804. The molecule has 0 aliphatic heterocycles. The fourth-order valence-electron chi connectivity index (χ4n) is 2.02.